The van der Waals surface area contributed by atoms with Crippen LogP contribution in [0.2, 0.25) is 0 Å². The van der Waals surface area contributed by atoms with E-state index < -0.39 is 0 Å². The second-order valence-electron chi connectivity index (χ2n) is 3.58. The van der Waals surface area contributed by atoms with Crippen molar-refractivity contribution in [3.05, 3.63) is 23.8 Å². The van der Waals surface area contributed by atoms with Gasteiger partial charge in [0.2, 0.25) is 0 Å². The van der Waals surface area contributed by atoms with Gasteiger partial charge in [-0.2, -0.15) is 5.26 Å². The zero-order valence-corrected chi connectivity index (χ0v) is 8.03. The van der Waals surface area contributed by atoms with Crippen LogP contribution in [0.4, 0.5) is 11.4 Å². The molecule has 0 aliphatic carbocycles. The third-order valence-electron chi connectivity index (χ3n) is 2.59. The van der Waals surface area contributed by atoms with Crippen LogP contribution in [0.25, 0.3) is 0 Å². The van der Waals surface area contributed by atoms with Gasteiger partial charge in [-0.3, -0.25) is 0 Å². The minimum absolute atomic E-state index is 0.723. The molecular formula is C11H13N3. The fourth-order valence-electron chi connectivity index (χ4n) is 1.86. The van der Waals surface area contributed by atoms with Gasteiger partial charge in [-0.25, -0.2) is 0 Å². The largest absolute Gasteiger partial charge is 0.399 e. The lowest BCUT2D eigenvalue weighted by Gasteiger charge is -2.19. The van der Waals surface area contributed by atoms with Crippen molar-refractivity contribution < 1.29 is 0 Å². The fourth-order valence-corrected chi connectivity index (χ4v) is 1.86. The Labute approximate surface area is 83.7 Å². The summed E-state index contributed by atoms with van der Waals surface area (Å²) < 4.78 is 0. The first-order valence-corrected chi connectivity index (χ1v) is 4.86. The van der Waals surface area contributed by atoms with E-state index in [-0.39, 0.29) is 0 Å². The quantitative estimate of drug-likeness (QED) is 0.681. The molecule has 0 unspecified atom stereocenters. The highest BCUT2D eigenvalue weighted by molar-refractivity contribution is 5.65. The van der Waals surface area contributed by atoms with Crippen LogP contribution in [-0.2, 0) is 0 Å². The molecule has 1 fully saturated rings. The maximum atomic E-state index is 8.95. The van der Waals surface area contributed by atoms with Gasteiger partial charge in [-0.05, 0) is 31.0 Å². The third kappa shape index (κ3) is 1.51. The summed E-state index contributed by atoms with van der Waals surface area (Å²) in [5.41, 5.74) is 8.16. The summed E-state index contributed by atoms with van der Waals surface area (Å²) in [6.07, 6.45) is 2.42. The summed E-state index contributed by atoms with van der Waals surface area (Å²) in [6.45, 7) is 2.08. The third-order valence-corrected chi connectivity index (χ3v) is 2.59. The normalized spacial score (nSPS) is 15.5. The smallest absolute Gasteiger partial charge is 0.101 e. The first kappa shape index (κ1) is 8.89. The summed E-state index contributed by atoms with van der Waals surface area (Å²) in [4.78, 5) is 2.23. The van der Waals surface area contributed by atoms with Gasteiger partial charge in [-0.15, -0.1) is 0 Å². The molecule has 0 amide bonds. The van der Waals surface area contributed by atoms with Crippen LogP contribution >= 0.6 is 0 Å². The highest BCUT2D eigenvalue weighted by Crippen LogP contribution is 2.26. The SMILES string of the molecule is N#Cc1ccc(N)cc1N1CCCC1. The number of nitrogen functional groups attached to an aromatic ring is 1. The Hall–Kier alpha value is -1.69. The molecule has 1 aromatic rings. The van der Waals surface area contributed by atoms with Crippen LogP contribution in [0.5, 0.6) is 0 Å². The molecule has 0 spiro atoms. The lowest BCUT2D eigenvalue weighted by Crippen LogP contribution is -2.18. The van der Waals surface area contributed by atoms with Crippen LogP contribution in [0.15, 0.2) is 18.2 Å². The van der Waals surface area contributed by atoms with Gasteiger partial charge < -0.3 is 10.6 Å². The average Bonchev–Trinajstić information content (AvgIpc) is 2.70. The van der Waals surface area contributed by atoms with Crippen molar-refractivity contribution in [2.24, 2.45) is 0 Å². The van der Waals surface area contributed by atoms with Crippen LogP contribution in [0.1, 0.15) is 18.4 Å². The molecule has 0 aromatic heterocycles. The maximum Gasteiger partial charge on any atom is 0.101 e. The molecule has 3 heteroatoms. The molecule has 1 aliphatic rings. The van der Waals surface area contributed by atoms with E-state index >= 15 is 0 Å². The number of anilines is 2. The van der Waals surface area contributed by atoms with E-state index in [9.17, 15) is 0 Å². The van der Waals surface area contributed by atoms with Crippen molar-refractivity contribution in [3.63, 3.8) is 0 Å². The van der Waals surface area contributed by atoms with E-state index in [1.165, 1.54) is 12.8 Å². The minimum atomic E-state index is 0.723. The lowest BCUT2D eigenvalue weighted by atomic mass is 10.1. The Morgan fingerprint density at radius 2 is 2.00 bits per heavy atom. The molecule has 14 heavy (non-hydrogen) atoms. The molecule has 2 N–H and O–H groups in total. The van der Waals surface area contributed by atoms with E-state index in [1.807, 2.05) is 6.07 Å². The van der Waals surface area contributed by atoms with Gasteiger partial charge in [0.15, 0.2) is 0 Å². The zero-order chi connectivity index (χ0) is 9.97. The standard InChI is InChI=1S/C11H13N3/c12-8-9-3-4-10(13)7-11(9)14-5-1-2-6-14/h3-4,7H,1-2,5-6,13H2. The second kappa shape index (κ2) is 3.59. The minimum Gasteiger partial charge on any atom is -0.399 e. The van der Waals surface area contributed by atoms with E-state index in [4.69, 9.17) is 11.0 Å². The summed E-state index contributed by atoms with van der Waals surface area (Å²) in [5, 5.41) is 8.95. The summed E-state index contributed by atoms with van der Waals surface area (Å²) in [6, 6.07) is 7.67. The highest BCUT2D eigenvalue weighted by Gasteiger charge is 2.15. The predicted molar refractivity (Wildman–Crippen MR) is 57.0 cm³/mol. The second-order valence-corrected chi connectivity index (χ2v) is 3.58. The highest BCUT2D eigenvalue weighted by atomic mass is 15.1. The summed E-state index contributed by atoms with van der Waals surface area (Å²) in [5.74, 6) is 0. The molecule has 0 radical (unpaired) electrons. The van der Waals surface area contributed by atoms with Gasteiger partial charge >= 0.3 is 0 Å². The molecule has 2 rings (SSSR count). The average molecular weight is 187 g/mol. The molecule has 1 saturated heterocycles. The van der Waals surface area contributed by atoms with Crippen LogP contribution in [0, 0.1) is 11.3 Å². The van der Waals surface area contributed by atoms with E-state index in [1.54, 1.807) is 12.1 Å². The van der Waals surface area contributed by atoms with Crippen LogP contribution in [-0.4, -0.2) is 13.1 Å². The molecule has 1 heterocycles. The topological polar surface area (TPSA) is 53.1 Å². The van der Waals surface area contributed by atoms with E-state index in [0.717, 1.165) is 30.0 Å². The molecule has 1 aliphatic heterocycles. The summed E-state index contributed by atoms with van der Waals surface area (Å²) >= 11 is 0. The number of nitriles is 1. The zero-order valence-electron chi connectivity index (χ0n) is 8.03. The molecular weight excluding hydrogens is 174 g/mol. The number of nitrogens with two attached hydrogens (primary N) is 1. The number of nitrogens with zero attached hydrogens (tertiary/aromatic N) is 2. The van der Waals surface area contributed by atoms with Crippen molar-refractivity contribution in [2.45, 2.75) is 12.8 Å². The lowest BCUT2D eigenvalue weighted by molar-refractivity contribution is 0.949. The van der Waals surface area contributed by atoms with Gasteiger partial charge in [0.1, 0.15) is 6.07 Å². The molecule has 0 saturated carbocycles. The fraction of sp³-hybridized carbons (Fsp3) is 0.364. The predicted octanol–water partition coefficient (Wildman–Crippen LogP) is 1.74. The Kier molecular flexibility index (Phi) is 2.28. The molecule has 3 nitrogen and oxygen atoms in total. The monoisotopic (exact) mass is 187 g/mol. The molecule has 1 aromatic carbocycles. The van der Waals surface area contributed by atoms with Crippen molar-refractivity contribution in [1.82, 2.24) is 0 Å². The Morgan fingerprint density at radius 3 is 2.64 bits per heavy atom. The Bertz CT molecular complexity index is 373. The van der Waals surface area contributed by atoms with Gasteiger partial charge in [0.05, 0.1) is 11.3 Å². The first-order valence-electron chi connectivity index (χ1n) is 4.86. The van der Waals surface area contributed by atoms with Crippen molar-refractivity contribution in [2.75, 3.05) is 23.7 Å². The van der Waals surface area contributed by atoms with Crippen molar-refractivity contribution >= 4 is 11.4 Å². The maximum absolute atomic E-state index is 8.95. The first-order chi connectivity index (χ1) is 6.81. The summed E-state index contributed by atoms with van der Waals surface area (Å²) in [7, 11) is 0. The number of rotatable bonds is 1. The van der Waals surface area contributed by atoms with E-state index in [2.05, 4.69) is 11.0 Å². The number of hydrogen-bond acceptors (Lipinski definition) is 3. The van der Waals surface area contributed by atoms with Gasteiger partial charge in [0.25, 0.3) is 0 Å². The Morgan fingerprint density at radius 1 is 1.29 bits per heavy atom. The Balaban J connectivity index is 2.39. The molecule has 72 valence electrons. The van der Waals surface area contributed by atoms with Gasteiger partial charge in [0, 0.05) is 18.8 Å². The molecule has 0 bridgehead atoms. The number of hydrogen-bond donors (Lipinski definition) is 1. The van der Waals surface area contributed by atoms with Crippen LogP contribution < -0.4 is 10.6 Å². The number of benzene rings is 1. The van der Waals surface area contributed by atoms with Crippen molar-refractivity contribution in [1.29, 1.82) is 5.26 Å². The van der Waals surface area contributed by atoms with Gasteiger partial charge in [-0.1, -0.05) is 0 Å². The van der Waals surface area contributed by atoms with Crippen LogP contribution in [0.3, 0.4) is 0 Å². The van der Waals surface area contributed by atoms with Crippen molar-refractivity contribution in [3.8, 4) is 6.07 Å². The van der Waals surface area contributed by atoms with E-state index in [0.29, 0.717) is 0 Å². The molecule has 0 atom stereocenters.